The summed E-state index contributed by atoms with van der Waals surface area (Å²) in [7, 11) is -4.33. The maximum absolute atomic E-state index is 11.4. The summed E-state index contributed by atoms with van der Waals surface area (Å²) in [6.07, 6.45) is 4.51. The fourth-order valence-electron chi connectivity index (χ4n) is 3.00. The van der Waals surface area contributed by atoms with Crippen LogP contribution in [0.4, 0.5) is 0 Å². The molecule has 0 unspecified atom stereocenters. The summed E-state index contributed by atoms with van der Waals surface area (Å²) < 4.78 is 32.1. The van der Waals surface area contributed by atoms with E-state index in [1.165, 1.54) is 18.9 Å². The van der Waals surface area contributed by atoms with E-state index in [0.29, 0.717) is 5.69 Å². The van der Waals surface area contributed by atoms with Crippen molar-refractivity contribution in [3.63, 3.8) is 0 Å². The Bertz CT molecular complexity index is 868. The molecule has 1 saturated heterocycles. The lowest BCUT2D eigenvalue weighted by molar-refractivity contribution is 0.377. The third kappa shape index (κ3) is 4.54. The largest absolute Gasteiger partial charge is 0.312 e. The van der Waals surface area contributed by atoms with Crippen molar-refractivity contribution in [1.82, 2.24) is 9.88 Å². The van der Waals surface area contributed by atoms with Crippen LogP contribution in [0.25, 0.3) is 5.57 Å². The van der Waals surface area contributed by atoms with E-state index in [-0.39, 0.29) is 5.03 Å². The Balaban J connectivity index is 2.01. The number of hydrogen-bond acceptors (Lipinski definition) is 4. The fraction of sp³-hybridized carbons (Fsp3) is 0.316. The summed E-state index contributed by atoms with van der Waals surface area (Å²) >= 11 is 0. The van der Waals surface area contributed by atoms with Crippen LogP contribution in [0.1, 0.15) is 29.7 Å². The molecule has 132 valence electrons. The minimum absolute atomic E-state index is 0.329. The van der Waals surface area contributed by atoms with Gasteiger partial charge in [-0.1, -0.05) is 42.0 Å². The van der Waals surface area contributed by atoms with Crippen LogP contribution in [0.3, 0.4) is 0 Å². The van der Waals surface area contributed by atoms with Gasteiger partial charge in [0.05, 0.1) is 5.69 Å². The predicted molar refractivity (Wildman–Crippen MR) is 98.0 cm³/mol. The summed E-state index contributed by atoms with van der Waals surface area (Å²) in [6, 6.07) is 12.7. The van der Waals surface area contributed by atoms with E-state index in [1.807, 2.05) is 31.2 Å². The number of hydrogen-bond donors (Lipinski definition) is 1. The van der Waals surface area contributed by atoms with Crippen molar-refractivity contribution in [3.05, 3.63) is 65.4 Å². The lowest BCUT2D eigenvalue weighted by atomic mass is 10.0. The van der Waals surface area contributed by atoms with Crippen LogP contribution in [0, 0.1) is 6.92 Å². The normalized spacial score (nSPS) is 16.3. The van der Waals surface area contributed by atoms with Crippen LogP contribution in [-0.2, 0) is 10.1 Å². The lowest BCUT2D eigenvalue weighted by Crippen LogP contribution is -2.19. The second kappa shape index (κ2) is 7.47. The Morgan fingerprint density at radius 3 is 2.48 bits per heavy atom. The number of rotatable bonds is 5. The second-order valence-electron chi connectivity index (χ2n) is 6.33. The number of benzene rings is 1. The highest BCUT2D eigenvalue weighted by atomic mass is 32.2. The van der Waals surface area contributed by atoms with Crippen LogP contribution in [0.5, 0.6) is 0 Å². The topological polar surface area (TPSA) is 70.5 Å². The zero-order valence-electron chi connectivity index (χ0n) is 14.2. The molecule has 0 spiro atoms. The molecule has 2 aromatic rings. The summed E-state index contributed by atoms with van der Waals surface area (Å²) in [5, 5.41) is -0.329. The molecule has 25 heavy (non-hydrogen) atoms. The minimum atomic E-state index is -4.33. The van der Waals surface area contributed by atoms with Gasteiger partial charge in [-0.15, -0.1) is 0 Å². The molecule has 1 aromatic heterocycles. The first-order valence-electron chi connectivity index (χ1n) is 8.38. The first kappa shape index (κ1) is 17.8. The molecular weight excluding hydrogens is 336 g/mol. The molecule has 1 fully saturated rings. The third-order valence-electron chi connectivity index (χ3n) is 4.38. The SMILES string of the molecule is Cc1ccc(C(=CCN2CCCC2)c2cccc(S(=O)(=O)O)n2)cc1. The Morgan fingerprint density at radius 2 is 1.84 bits per heavy atom. The van der Waals surface area contributed by atoms with Crippen LogP contribution < -0.4 is 0 Å². The number of nitrogens with zero attached hydrogens (tertiary/aromatic N) is 2. The van der Waals surface area contributed by atoms with Gasteiger partial charge in [0.15, 0.2) is 5.03 Å². The van der Waals surface area contributed by atoms with E-state index in [1.54, 1.807) is 12.1 Å². The molecular formula is C19H22N2O3S. The lowest BCUT2D eigenvalue weighted by Gasteiger charge is -2.14. The fourth-order valence-corrected chi connectivity index (χ4v) is 3.46. The van der Waals surface area contributed by atoms with Gasteiger partial charge in [0, 0.05) is 12.1 Å². The summed E-state index contributed by atoms with van der Waals surface area (Å²) in [6.45, 7) is 4.97. The zero-order chi connectivity index (χ0) is 17.9. The zero-order valence-corrected chi connectivity index (χ0v) is 15.0. The predicted octanol–water partition coefficient (Wildman–Crippen LogP) is 3.16. The maximum Gasteiger partial charge on any atom is 0.312 e. The molecule has 0 aliphatic carbocycles. The van der Waals surface area contributed by atoms with Crippen molar-refractivity contribution in [2.45, 2.75) is 24.8 Å². The quantitative estimate of drug-likeness (QED) is 0.832. The van der Waals surface area contributed by atoms with Crippen LogP contribution in [-0.4, -0.2) is 42.5 Å². The van der Waals surface area contributed by atoms with E-state index in [4.69, 9.17) is 0 Å². The highest BCUT2D eigenvalue weighted by Gasteiger charge is 2.15. The Labute approximate surface area is 148 Å². The standard InChI is InChI=1S/C19H22N2O3S/c1-15-7-9-16(10-8-15)17(11-14-21-12-2-3-13-21)18-5-4-6-19(20-18)25(22,23)24/h4-11H,2-3,12-14H2,1H3,(H,22,23,24). The van der Waals surface area contributed by atoms with Gasteiger partial charge in [0.2, 0.25) is 0 Å². The number of likely N-dealkylation sites (tertiary alicyclic amines) is 1. The average molecular weight is 358 g/mol. The van der Waals surface area contributed by atoms with E-state index in [0.717, 1.165) is 36.3 Å². The van der Waals surface area contributed by atoms with E-state index < -0.39 is 10.1 Å². The smallest absolute Gasteiger partial charge is 0.300 e. The van der Waals surface area contributed by atoms with Crippen molar-refractivity contribution in [2.24, 2.45) is 0 Å². The third-order valence-corrected chi connectivity index (χ3v) is 5.13. The molecule has 1 aromatic carbocycles. The van der Waals surface area contributed by atoms with Crippen molar-refractivity contribution < 1.29 is 13.0 Å². The molecule has 0 saturated carbocycles. The van der Waals surface area contributed by atoms with Gasteiger partial charge < -0.3 is 0 Å². The molecule has 5 nitrogen and oxygen atoms in total. The number of aromatic nitrogens is 1. The highest BCUT2D eigenvalue weighted by molar-refractivity contribution is 7.85. The van der Waals surface area contributed by atoms with Crippen molar-refractivity contribution >= 4 is 15.7 Å². The molecule has 3 rings (SSSR count). The molecule has 0 radical (unpaired) electrons. The summed E-state index contributed by atoms with van der Waals surface area (Å²) in [5.74, 6) is 0. The average Bonchev–Trinajstić information content (AvgIpc) is 3.10. The summed E-state index contributed by atoms with van der Waals surface area (Å²) in [4.78, 5) is 6.53. The van der Waals surface area contributed by atoms with Crippen molar-refractivity contribution in [2.75, 3.05) is 19.6 Å². The van der Waals surface area contributed by atoms with Crippen LogP contribution in [0.15, 0.2) is 53.6 Å². The molecule has 1 N–H and O–H groups in total. The Morgan fingerprint density at radius 1 is 1.16 bits per heavy atom. The van der Waals surface area contributed by atoms with E-state index >= 15 is 0 Å². The van der Waals surface area contributed by atoms with Crippen molar-refractivity contribution in [3.8, 4) is 0 Å². The molecule has 1 aliphatic rings. The van der Waals surface area contributed by atoms with E-state index in [2.05, 4.69) is 16.0 Å². The van der Waals surface area contributed by atoms with Gasteiger partial charge in [-0.05, 0) is 50.6 Å². The summed E-state index contributed by atoms with van der Waals surface area (Å²) in [5.41, 5.74) is 3.54. The second-order valence-corrected chi connectivity index (χ2v) is 7.70. The van der Waals surface area contributed by atoms with Crippen LogP contribution in [0.2, 0.25) is 0 Å². The molecule has 6 heteroatoms. The van der Waals surface area contributed by atoms with Gasteiger partial charge in [-0.3, -0.25) is 9.45 Å². The molecule has 0 atom stereocenters. The minimum Gasteiger partial charge on any atom is -0.300 e. The van der Waals surface area contributed by atoms with Gasteiger partial charge in [-0.25, -0.2) is 4.98 Å². The highest BCUT2D eigenvalue weighted by Crippen LogP contribution is 2.24. The molecule has 2 heterocycles. The van der Waals surface area contributed by atoms with E-state index in [9.17, 15) is 13.0 Å². The van der Waals surface area contributed by atoms with Gasteiger partial charge in [-0.2, -0.15) is 8.42 Å². The first-order valence-corrected chi connectivity index (χ1v) is 9.82. The van der Waals surface area contributed by atoms with Gasteiger partial charge in [0.1, 0.15) is 0 Å². The van der Waals surface area contributed by atoms with Crippen LogP contribution >= 0.6 is 0 Å². The van der Waals surface area contributed by atoms with Crippen molar-refractivity contribution in [1.29, 1.82) is 0 Å². The van der Waals surface area contributed by atoms with Gasteiger partial charge >= 0.3 is 10.1 Å². The Kier molecular flexibility index (Phi) is 5.32. The number of pyridine rings is 1. The Hall–Kier alpha value is -2.02. The maximum atomic E-state index is 11.4. The molecule has 0 bridgehead atoms. The first-order chi connectivity index (χ1) is 11.9. The monoisotopic (exact) mass is 358 g/mol. The molecule has 0 amide bonds. The number of aryl methyl sites for hydroxylation is 1. The van der Waals surface area contributed by atoms with Gasteiger partial charge in [0.25, 0.3) is 0 Å². The molecule has 1 aliphatic heterocycles.